The lowest BCUT2D eigenvalue weighted by Gasteiger charge is -2.30. The van der Waals surface area contributed by atoms with Crippen LogP contribution in [0.4, 0.5) is 0 Å². The second kappa shape index (κ2) is 18.0. The highest BCUT2D eigenvalue weighted by molar-refractivity contribution is 5.87. The summed E-state index contributed by atoms with van der Waals surface area (Å²) in [6.45, 7) is 14.8. The molecule has 8 nitrogen and oxygen atoms in total. The third-order valence-electron chi connectivity index (χ3n) is 8.13. The summed E-state index contributed by atoms with van der Waals surface area (Å²) < 4.78 is 5.65. The van der Waals surface area contributed by atoms with Crippen molar-refractivity contribution in [3.05, 3.63) is 47.6 Å². The fraction of sp³-hybridized carbons (Fsp3) is 0.727. The number of hydrogen-bond donors (Lipinski definition) is 6. The van der Waals surface area contributed by atoms with Gasteiger partial charge in [-0.2, -0.15) is 0 Å². The van der Waals surface area contributed by atoms with Crippen LogP contribution in [0, 0.1) is 11.8 Å². The van der Waals surface area contributed by atoms with Gasteiger partial charge in [-0.25, -0.2) is 4.79 Å². The first kappa shape index (κ1) is 37.2. The Hall–Kier alpha value is -1.81. The molecule has 0 amide bonds. The Morgan fingerprint density at radius 3 is 2.32 bits per heavy atom. The Morgan fingerprint density at radius 2 is 1.68 bits per heavy atom. The molecular weight excluding hydrogens is 524 g/mol. The van der Waals surface area contributed by atoms with Crippen LogP contribution < -0.4 is 0 Å². The third-order valence-corrected chi connectivity index (χ3v) is 8.13. The topological polar surface area (TPSA) is 148 Å². The van der Waals surface area contributed by atoms with Gasteiger partial charge in [-0.15, -0.1) is 0 Å². The molecule has 41 heavy (non-hydrogen) atoms. The van der Waals surface area contributed by atoms with Crippen molar-refractivity contribution in [3.8, 4) is 0 Å². The second-order valence-corrected chi connectivity index (χ2v) is 12.4. The van der Waals surface area contributed by atoms with Crippen molar-refractivity contribution in [2.75, 3.05) is 0 Å². The Morgan fingerprint density at radius 1 is 1.02 bits per heavy atom. The zero-order chi connectivity index (χ0) is 31.3. The standard InChI is InChI=1S/C33H56O8/c1-8-27-19-24(5)31(38)29(36)15-14-26(34)20-33(7,40)25(6)17-21(2)16-22(3)18-30(37)28(35)13-11-9-10-12-23(4)32(39)41-27/h11-13,17,22,24,26-31,34-38,40H,2,8-10,14-16,18-20H2,1,3-7H3/b13-11+,23-12+,25-17+/t22-,24-,26+,27?,28?,29-,30?,31+,33-/m1/s1. The van der Waals surface area contributed by atoms with Crippen LogP contribution in [-0.4, -0.2) is 78.8 Å². The first-order valence-electron chi connectivity index (χ1n) is 15.1. The summed E-state index contributed by atoms with van der Waals surface area (Å²) in [7, 11) is 0. The maximum atomic E-state index is 12.6. The molecule has 6 N–H and O–H groups in total. The molecule has 0 fully saturated rings. The zero-order valence-corrected chi connectivity index (χ0v) is 26.0. The van der Waals surface area contributed by atoms with Gasteiger partial charge in [-0.1, -0.05) is 57.2 Å². The van der Waals surface area contributed by atoms with E-state index < -0.39 is 48.2 Å². The lowest BCUT2D eigenvalue weighted by molar-refractivity contribution is -0.146. The number of carbonyl (C=O) groups excluding carboxylic acids is 1. The normalized spacial score (nSPS) is 40.5. The third kappa shape index (κ3) is 13.8. The fourth-order valence-corrected chi connectivity index (χ4v) is 5.18. The largest absolute Gasteiger partial charge is 0.459 e. The fourth-order valence-electron chi connectivity index (χ4n) is 5.18. The minimum absolute atomic E-state index is 0.0255. The molecule has 8 heteroatoms. The molecule has 0 aromatic rings. The van der Waals surface area contributed by atoms with E-state index in [9.17, 15) is 35.4 Å². The van der Waals surface area contributed by atoms with Crippen molar-refractivity contribution < 1.29 is 40.2 Å². The summed E-state index contributed by atoms with van der Waals surface area (Å²) in [6.07, 6.45) is 4.90. The average Bonchev–Trinajstić information content (AvgIpc) is 2.88. The number of cyclic esters (lactones) is 1. The van der Waals surface area contributed by atoms with Gasteiger partial charge in [0.1, 0.15) is 6.10 Å². The predicted molar refractivity (Wildman–Crippen MR) is 162 cm³/mol. The first-order valence-corrected chi connectivity index (χ1v) is 15.1. The summed E-state index contributed by atoms with van der Waals surface area (Å²) in [5.41, 5.74) is 0.563. The van der Waals surface area contributed by atoms with E-state index in [1.54, 1.807) is 52.0 Å². The Balaban J connectivity index is 3.09. The Labute approximate surface area is 247 Å². The van der Waals surface area contributed by atoms with Crippen molar-refractivity contribution >= 4 is 5.97 Å². The van der Waals surface area contributed by atoms with E-state index in [0.717, 1.165) is 5.57 Å². The number of aliphatic hydroxyl groups is 6. The number of aliphatic hydroxyl groups excluding tert-OH is 5. The summed E-state index contributed by atoms with van der Waals surface area (Å²) in [5, 5.41) is 63.8. The molecule has 0 aromatic carbocycles. The van der Waals surface area contributed by atoms with Gasteiger partial charge >= 0.3 is 5.97 Å². The average molecular weight is 581 g/mol. The van der Waals surface area contributed by atoms with E-state index in [2.05, 4.69) is 6.58 Å². The molecule has 0 aromatic heterocycles. The molecule has 0 aliphatic carbocycles. The van der Waals surface area contributed by atoms with Crippen molar-refractivity contribution in [1.82, 2.24) is 0 Å². The zero-order valence-electron chi connectivity index (χ0n) is 26.0. The van der Waals surface area contributed by atoms with Crippen LogP contribution >= 0.6 is 0 Å². The van der Waals surface area contributed by atoms with Crippen LogP contribution in [0.5, 0.6) is 0 Å². The van der Waals surface area contributed by atoms with Crippen molar-refractivity contribution in [2.24, 2.45) is 11.8 Å². The maximum Gasteiger partial charge on any atom is 0.333 e. The number of carbonyl (C=O) groups is 1. The van der Waals surface area contributed by atoms with Gasteiger partial charge in [0.25, 0.3) is 0 Å². The van der Waals surface area contributed by atoms with Crippen molar-refractivity contribution in [1.29, 1.82) is 0 Å². The van der Waals surface area contributed by atoms with Crippen LogP contribution in [0.3, 0.4) is 0 Å². The minimum atomic E-state index is -1.31. The molecule has 1 heterocycles. The number of allylic oxidation sites excluding steroid dienone is 4. The molecule has 236 valence electrons. The summed E-state index contributed by atoms with van der Waals surface area (Å²) in [6, 6.07) is 0. The van der Waals surface area contributed by atoms with Crippen molar-refractivity contribution in [2.45, 2.75) is 142 Å². The first-order chi connectivity index (χ1) is 19.1. The number of rotatable bonds is 1. The van der Waals surface area contributed by atoms with Crippen molar-refractivity contribution in [3.63, 3.8) is 0 Å². The smallest absolute Gasteiger partial charge is 0.333 e. The SMILES string of the molecule is C=C1/C=C(\C)[C@](C)(O)C[C@@H](O)CC[C@@H](O)[C@@H](O)[C@H](C)CC(CC)OC(=O)/C(C)=C/CC/C=C/C(O)C(O)C[C@H](C)C1. The van der Waals surface area contributed by atoms with E-state index in [4.69, 9.17) is 4.74 Å². The second-order valence-electron chi connectivity index (χ2n) is 12.4. The van der Waals surface area contributed by atoms with E-state index in [0.29, 0.717) is 49.7 Å². The Kier molecular flexibility index (Phi) is 16.3. The lowest BCUT2D eigenvalue weighted by Crippen LogP contribution is -2.36. The van der Waals surface area contributed by atoms with Gasteiger partial charge in [0, 0.05) is 12.0 Å². The predicted octanol–water partition coefficient (Wildman–Crippen LogP) is 4.28. The molecule has 0 spiro atoms. The highest BCUT2D eigenvalue weighted by atomic mass is 16.5. The summed E-state index contributed by atoms with van der Waals surface area (Å²) in [5.74, 6) is -0.760. The minimum Gasteiger partial charge on any atom is -0.459 e. The van der Waals surface area contributed by atoms with Crippen LogP contribution in [0.2, 0.25) is 0 Å². The van der Waals surface area contributed by atoms with Crippen LogP contribution in [0.25, 0.3) is 0 Å². The molecule has 0 saturated carbocycles. The van der Waals surface area contributed by atoms with Gasteiger partial charge in [0.05, 0.1) is 36.1 Å². The van der Waals surface area contributed by atoms with E-state index >= 15 is 0 Å². The quantitative estimate of drug-likeness (QED) is 0.199. The summed E-state index contributed by atoms with van der Waals surface area (Å²) >= 11 is 0. The maximum absolute atomic E-state index is 12.6. The molecule has 1 aliphatic rings. The summed E-state index contributed by atoms with van der Waals surface area (Å²) in [4.78, 5) is 12.6. The monoisotopic (exact) mass is 580 g/mol. The molecule has 0 bridgehead atoms. The van der Waals surface area contributed by atoms with E-state index in [1.165, 1.54) is 0 Å². The van der Waals surface area contributed by atoms with Gasteiger partial charge < -0.3 is 35.4 Å². The molecule has 0 radical (unpaired) electrons. The molecule has 9 atom stereocenters. The van der Waals surface area contributed by atoms with Gasteiger partial charge in [-0.05, 0) is 89.5 Å². The van der Waals surface area contributed by atoms with Gasteiger partial charge in [0.15, 0.2) is 0 Å². The number of hydrogen-bond acceptors (Lipinski definition) is 8. The lowest BCUT2D eigenvalue weighted by atomic mass is 9.85. The molecular formula is C33H56O8. The van der Waals surface area contributed by atoms with Crippen LogP contribution in [-0.2, 0) is 9.53 Å². The van der Waals surface area contributed by atoms with E-state index in [-0.39, 0.29) is 31.1 Å². The number of esters is 1. The molecule has 0 saturated heterocycles. The highest BCUT2D eigenvalue weighted by Crippen LogP contribution is 2.28. The highest BCUT2D eigenvalue weighted by Gasteiger charge is 2.30. The number of ether oxygens (including phenoxy) is 1. The van der Waals surface area contributed by atoms with Gasteiger partial charge in [-0.3, -0.25) is 0 Å². The van der Waals surface area contributed by atoms with Gasteiger partial charge in [0.2, 0.25) is 0 Å². The molecule has 1 rings (SSSR count). The Bertz CT molecular complexity index is 905. The van der Waals surface area contributed by atoms with Crippen LogP contribution in [0.1, 0.15) is 99.3 Å². The van der Waals surface area contributed by atoms with Crippen LogP contribution in [0.15, 0.2) is 47.6 Å². The molecule has 1 aliphatic heterocycles. The van der Waals surface area contributed by atoms with E-state index in [1.807, 2.05) is 13.8 Å². The molecule has 3 unspecified atom stereocenters.